The van der Waals surface area contributed by atoms with Gasteiger partial charge in [-0.25, -0.2) is 28.0 Å². The van der Waals surface area contributed by atoms with E-state index in [0.717, 1.165) is 75.6 Å². The number of nitrogens with zero attached hydrogens (tertiary/aromatic N) is 7. The topological polar surface area (TPSA) is 112 Å². The van der Waals surface area contributed by atoms with Crippen LogP contribution in [0.1, 0.15) is 37.0 Å². The lowest BCUT2D eigenvalue weighted by Gasteiger charge is -2.42. The van der Waals surface area contributed by atoms with E-state index in [9.17, 15) is 13.6 Å². The Morgan fingerprint density at radius 1 is 0.881 bits per heavy atom. The molecule has 12 nitrogen and oxygen atoms in total. The fourth-order valence-corrected chi connectivity index (χ4v) is 8.37. The van der Waals surface area contributed by atoms with Crippen molar-refractivity contribution in [3.05, 3.63) is 108 Å². The van der Waals surface area contributed by atoms with E-state index >= 15 is 0 Å². The summed E-state index contributed by atoms with van der Waals surface area (Å²) in [7, 11) is 1.66. The van der Waals surface area contributed by atoms with Gasteiger partial charge >= 0.3 is 0 Å². The lowest BCUT2D eigenvalue weighted by molar-refractivity contribution is 0.102. The third-order valence-electron chi connectivity index (χ3n) is 10.8. The zero-order valence-corrected chi connectivity index (χ0v) is 34.3. The van der Waals surface area contributed by atoms with Gasteiger partial charge in [0.05, 0.1) is 41.5 Å². The van der Waals surface area contributed by atoms with Gasteiger partial charge in [0.2, 0.25) is 5.95 Å². The number of halogens is 2. The number of ether oxygens (including phenoxy) is 2. The van der Waals surface area contributed by atoms with Crippen LogP contribution < -0.4 is 25.0 Å². The number of pyridine rings is 1. The first kappa shape index (κ1) is 40.0. The number of carbonyl (C=O) groups excluding carboxylic acids is 1. The highest BCUT2D eigenvalue weighted by Gasteiger charge is 2.28. The van der Waals surface area contributed by atoms with E-state index in [-0.39, 0.29) is 17.4 Å². The quantitative estimate of drug-likeness (QED) is 0.116. The number of hydrogen-bond donors (Lipinski definition) is 2. The molecule has 2 N–H and O–H groups in total. The molecule has 5 heterocycles. The number of fused-ring (bicyclic) bond motifs is 1. The Morgan fingerprint density at radius 2 is 1.66 bits per heavy atom. The molecule has 306 valence electrons. The molecule has 3 aromatic heterocycles. The Kier molecular flexibility index (Phi) is 11.9. The van der Waals surface area contributed by atoms with Crippen LogP contribution in [0.25, 0.3) is 28.3 Å². The Labute approximate surface area is 346 Å². The van der Waals surface area contributed by atoms with Crippen LogP contribution in [-0.2, 0) is 0 Å². The normalized spacial score (nSPS) is 15.5. The minimum absolute atomic E-state index is 0.0801. The van der Waals surface area contributed by atoms with Gasteiger partial charge in [0, 0.05) is 75.0 Å². The van der Waals surface area contributed by atoms with Gasteiger partial charge in [0.1, 0.15) is 34.5 Å². The van der Waals surface area contributed by atoms with Crippen LogP contribution >= 0.6 is 11.9 Å². The number of hydrogen-bond acceptors (Lipinski definition) is 11. The number of nitrogens with one attached hydrogen (secondary N) is 2. The maximum atomic E-state index is 14.6. The van der Waals surface area contributed by atoms with Crippen molar-refractivity contribution >= 4 is 46.5 Å². The monoisotopic (exact) mass is 819 g/mol. The molecular weight excluding hydrogens is 773 g/mol. The second-order valence-corrected chi connectivity index (χ2v) is 15.7. The number of imidazole rings is 1. The first-order chi connectivity index (χ1) is 28.7. The average Bonchev–Trinajstić information content (AvgIpc) is 3.65. The van der Waals surface area contributed by atoms with Gasteiger partial charge < -0.3 is 25.0 Å². The van der Waals surface area contributed by atoms with E-state index in [1.54, 1.807) is 37.6 Å². The third-order valence-corrected chi connectivity index (χ3v) is 11.7. The molecule has 15 heteroatoms. The second kappa shape index (κ2) is 17.6. The van der Waals surface area contributed by atoms with Gasteiger partial charge in [-0.05, 0) is 93.6 Å². The summed E-state index contributed by atoms with van der Waals surface area (Å²) in [5.74, 6) is -1.25. The summed E-state index contributed by atoms with van der Waals surface area (Å²) in [6, 6.07) is 22.7. The lowest BCUT2D eigenvalue weighted by atomic mass is 10.0. The van der Waals surface area contributed by atoms with E-state index in [2.05, 4.69) is 48.1 Å². The minimum Gasteiger partial charge on any atom is -0.494 e. The van der Waals surface area contributed by atoms with Crippen molar-refractivity contribution < 1.29 is 23.0 Å². The van der Waals surface area contributed by atoms with Crippen molar-refractivity contribution in [2.24, 2.45) is 0 Å². The van der Waals surface area contributed by atoms with E-state index < -0.39 is 23.2 Å². The predicted molar refractivity (Wildman–Crippen MR) is 230 cm³/mol. The Morgan fingerprint density at radius 3 is 2.39 bits per heavy atom. The number of carbonyl (C=O) groups is 1. The van der Waals surface area contributed by atoms with Gasteiger partial charge in [-0.15, -0.1) is 0 Å². The molecule has 2 fully saturated rings. The number of anilines is 4. The highest BCUT2D eigenvalue weighted by atomic mass is 32.2. The molecule has 2 aliphatic rings. The second-order valence-electron chi connectivity index (χ2n) is 14.8. The lowest BCUT2D eigenvalue weighted by Crippen LogP contribution is -2.51. The molecule has 59 heavy (non-hydrogen) atoms. The SMILES string of the molecule is COc1cc(N2CCC(N3CCN(SC)CC3)CC2)ccc1Nc1nccc(-c2c(-c3ccc(OC(C)C)c(C(=O)Nc4c(F)cccc4F)c3)nc3ccccn23)n1. The van der Waals surface area contributed by atoms with Gasteiger partial charge in [0.25, 0.3) is 5.91 Å². The number of amides is 1. The fourth-order valence-electron chi connectivity index (χ4n) is 7.84. The summed E-state index contributed by atoms with van der Waals surface area (Å²) >= 11 is 1.84. The number of para-hydroxylation sites is 1. The van der Waals surface area contributed by atoms with Crippen molar-refractivity contribution in [1.82, 2.24) is 28.6 Å². The zero-order chi connectivity index (χ0) is 41.0. The Bertz CT molecular complexity index is 2430. The summed E-state index contributed by atoms with van der Waals surface area (Å²) in [6.45, 7) is 10.1. The molecule has 2 aliphatic heterocycles. The smallest absolute Gasteiger partial charge is 0.259 e. The van der Waals surface area contributed by atoms with Crippen LogP contribution in [0.2, 0.25) is 0 Å². The molecule has 0 radical (unpaired) electrons. The van der Waals surface area contributed by atoms with Crippen molar-refractivity contribution in [3.63, 3.8) is 0 Å². The maximum absolute atomic E-state index is 14.6. The standard InChI is InChI=1S/C44H47F2N9O3S/c1-28(2)58-37-14-11-29(26-32(37)43(56)51-41-33(45)8-7-9-34(41)46)40-42(55-19-6-5-10-39(55)50-40)36-15-18-47-44(49-36)48-35-13-12-31(27-38(35)57-3)52-20-16-30(17-21-52)53-22-24-54(59-4)25-23-53/h5-15,18-19,26-28,30H,16-17,20-25H2,1-4H3,(H,51,56)(H,47,48,49). The number of benzene rings is 3. The fraction of sp³-hybridized carbons (Fsp3) is 0.318. The molecule has 1 amide bonds. The highest BCUT2D eigenvalue weighted by molar-refractivity contribution is 7.96. The molecule has 0 bridgehead atoms. The predicted octanol–water partition coefficient (Wildman–Crippen LogP) is 8.39. The van der Waals surface area contributed by atoms with E-state index in [4.69, 9.17) is 19.4 Å². The molecular formula is C44H47F2N9O3S. The van der Waals surface area contributed by atoms with Crippen molar-refractivity contribution in [2.75, 3.05) is 68.2 Å². The molecule has 0 saturated carbocycles. The van der Waals surface area contributed by atoms with Crippen molar-refractivity contribution in [1.29, 1.82) is 0 Å². The van der Waals surface area contributed by atoms with Crippen LogP contribution in [0.15, 0.2) is 91.3 Å². The molecule has 3 aromatic carbocycles. The Hall–Kier alpha value is -5.77. The maximum Gasteiger partial charge on any atom is 0.259 e. The number of rotatable bonds is 12. The molecule has 0 atom stereocenters. The van der Waals surface area contributed by atoms with Gasteiger partial charge in [-0.3, -0.25) is 14.1 Å². The van der Waals surface area contributed by atoms with E-state index in [0.29, 0.717) is 46.0 Å². The zero-order valence-electron chi connectivity index (χ0n) is 33.5. The van der Waals surface area contributed by atoms with Gasteiger partial charge in [-0.1, -0.05) is 24.1 Å². The van der Waals surface area contributed by atoms with Crippen LogP contribution in [0.5, 0.6) is 11.5 Å². The number of methoxy groups -OCH3 is 1. The first-order valence-electron chi connectivity index (χ1n) is 19.8. The third kappa shape index (κ3) is 8.68. The largest absolute Gasteiger partial charge is 0.494 e. The highest BCUT2D eigenvalue weighted by Crippen LogP contribution is 2.37. The van der Waals surface area contributed by atoms with E-state index in [1.165, 1.54) is 6.07 Å². The first-order valence-corrected chi connectivity index (χ1v) is 21.0. The molecule has 6 aromatic rings. The van der Waals surface area contributed by atoms with E-state index in [1.807, 2.05) is 60.7 Å². The summed E-state index contributed by atoms with van der Waals surface area (Å²) in [5, 5.41) is 5.76. The summed E-state index contributed by atoms with van der Waals surface area (Å²) in [6.07, 6.45) is 7.70. The number of piperazine rings is 1. The summed E-state index contributed by atoms with van der Waals surface area (Å²) in [4.78, 5) is 33.2. The van der Waals surface area contributed by atoms with Gasteiger partial charge in [0.15, 0.2) is 0 Å². The van der Waals surface area contributed by atoms with Crippen LogP contribution in [0.3, 0.4) is 0 Å². The van der Waals surface area contributed by atoms with Crippen molar-refractivity contribution in [3.8, 4) is 34.1 Å². The molecule has 0 unspecified atom stereocenters. The minimum atomic E-state index is -0.892. The van der Waals surface area contributed by atoms with Crippen LogP contribution in [0.4, 0.5) is 31.8 Å². The molecule has 0 aliphatic carbocycles. The average molecular weight is 820 g/mol. The van der Waals surface area contributed by atoms with Crippen LogP contribution in [0, 0.1) is 11.6 Å². The Balaban J connectivity index is 1.06. The summed E-state index contributed by atoms with van der Waals surface area (Å²) in [5.41, 5.74) is 4.30. The number of piperidine rings is 1. The molecule has 8 rings (SSSR count). The van der Waals surface area contributed by atoms with Crippen molar-refractivity contribution in [2.45, 2.75) is 38.8 Å². The molecule has 2 saturated heterocycles. The number of aromatic nitrogens is 4. The summed E-state index contributed by atoms with van der Waals surface area (Å²) < 4.78 is 45.4. The van der Waals surface area contributed by atoms with Crippen LogP contribution in [-0.4, -0.2) is 99.2 Å². The van der Waals surface area contributed by atoms with Gasteiger partial charge in [-0.2, -0.15) is 0 Å². The molecule has 0 spiro atoms.